The van der Waals surface area contributed by atoms with Gasteiger partial charge < -0.3 is 16.2 Å². The average Bonchev–Trinajstić information content (AvgIpc) is 2.49. The number of carbonyl (C=O) groups is 2. The second kappa shape index (κ2) is 6.67. The number of hydrogen-bond acceptors (Lipinski definition) is 3. The molecule has 21 heavy (non-hydrogen) atoms. The molecule has 0 unspecified atom stereocenters. The van der Waals surface area contributed by atoms with Crippen LogP contribution in [0.15, 0.2) is 48.5 Å². The van der Waals surface area contributed by atoms with Gasteiger partial charge in [-0.05, 0) is 48.4 Å². The van der Waals surface area contributed by atoms with Gasteiger partial charge in [-0.25, -0.2) is 0 Å². The molecule has 0 aliphatic carbocycles. The van der Waals surface area contributed by atoms with Gasteiger partial charge in [-0.15, -0.1) is 0 Å². The van der Waals surface area contributed by atoms with Crippen molar-refractivity contribution in [2.24, 2.45) is 5.73 Å². The highest BCUT2D eigenvalue weighted by Gasteiger charge is 2.07. The average molecular weight is 284 g/mol. The number of benzene rings is 2. The molecule has 0 saturated heterocycles. The highest BCUT2D eigenvalue weighted by Crippen LogP contribution is 2.12. The molecule has 5 heteroatoms. The van der Waals surface area contributed by atoms with E-state index in [0.717, 1.165) is 5.56 Å². The van der Waals surface area contributed by atoms with Gasteiger partial charge in [0.25, 0.3) is 5.91 Å². The van der Waals surface area contributed by atoms with Crippen molar-refractivity contribution in [3.63, 3.8) is 0 Å². The maximum absolute atomic E-state index is 12.0. The van der Waals surface area contributed by atoms with Gasteiger partial charge in [0.15, 0.2) is 0 Å². The molecule has 0 spiro atoms. The number of hydrogen-bond donors (Lipinski definition) is 3. The van der Waals surface area contributed by atoms with Crippen molar-refractivity contribution < 1.29 is 14.7 Å². The van der Waals surface area contributed by atoms with Crippen LogP contribution in [-0.4, -0.2) is 23.5 Å². The molecule has 0 heterocycles. The van der Waals surface area contributed by atoms with Crippen LogP contribution in [-0.2, 0) is 6.42 Å². The summed E-state index contributed by atoms with van der Waals surface area (Å²) in [4.78, 5) is 23.0. The van der Waals surface area contributed by atoms with Crippen molar-refractivity contribution in [3.8, 4) is 0 Å². The number of aliphatic hydroxyl groups is 1. The predicted molar refractivity (Wildman–Crippen MR) is 80.1 cm³/mol. The Bertz CT molecular complexity index is 634. The van der Waals surface area contributed by atoms with Gasteiger partial charge in [0.1, 0.15) is 0 Å². The van der Waals surface area contributed by atoms with Gasteiger partial charge >= 0.3 is 0 Å². The summed E-state index contributed by atoms with van der Waals surface area (Å²) < 4.78 is 0. The van der Waals surface area contributed by atoms with E-state index in [9.17, 15) is 9.59 Å². The van der Waals surface area contributed by atoms with E-state index in [4.69, 9.17) is 10.8 Å². The maximum Gasteiger partial charge on any atom is 0.255 e. The number of primary amides is 1. The lowest BCUT2D eigenvalue weighted by atomic mass is 10.1. The fourth-order valence-electron chi connectivity index (χ4n) is 1.87. The Morgan fingerprint density at radius 2 is 1.52 bits per heavy atom. The number of amides is 2. The SMILES string of the molecule is NC(=O)c1ccc(C(=O)Nc2ccc(CCO)cc2)cc1. The molecule has 0 aliphatic heterocycles. The van der Waals surface area contributed by atoms with Crippen LogP contribution in [0.1, 0.15) is 26.3 Å². The summed E-state index contributed by atoms with van der Waals surface area (Å²) >= 11 is 0. The predicted octanol–water partition coefficient (Wildman–Crippen LogP) is 1.57. The number of nitrogens with two attached hydrogens (primary N) is 1. The van der Waals surface area contributed by atoms with Crippen LogP contribution in [0.4, 0.5) is 5.69 Å². The lowest BCUT2D eigenvalue weighted by Gasteiger charge is -2.06. The first-order chi connectivity index (χ1) is 10.1. The van der Waals surface area contributed by atoms with E-state index in [1.165, 1.54) is 12.1 Å². The van der Waals surface area contributed by atoms with Gasteiger partial charge in [-0.2, -0.15) is 0 Å². The third-order valence-corrected chi connectivity index (χ3v) is 3.04. The van der Waals surface area contributed by atoms with Crippen LogP contribution in [0.25, 0.3) is 0 Å². The largest absolute Gasteiger partial charge is 0.396 e. The minimum Gasteiger partial charge on any atom is -0.396 e. The molecule has 0 saturated carbocycles. The highest BCUT2D eigenvalue weighted by molar-refractivity contribution is 6.05. The van der Waals surface area contributed by atoms with E-state index in [0.29, 0.717) is 23.2 Å². The molecule has 0 atom stereocenters. The Morgan fingerprint density at radius 3 is 2.05 bits per heavy atom. The lowest BCUT2D eigenvalue weighted by Crippen LogP contribution is -2.14. The molecular formula is C16H16N2O3. The maximum atomic E-state index is 12.0. The molecule has 2 aromatic rings. The third kappa shape index (κ3) is 3.90. The van der Waals surface area contributed by atoms with Crippen molar-refractivity contribution in [1.82, 2.24) is 0 Å². The van der Waals surface area contributed by atoms with Gasteiger partial charge in [-0.1, -0.05) is 12.1 Å². The number of anilines is 1. The summed E-state index contributed by atoms with van der Waals surface area (Å²) in [6.45, 7) is 0.0952. The second-order valence-corrected chi connectivity index (χ2v) is 4.57. The van der Waals surface area contributed by atoms with E-state index in [-0.39, 0.29) is 12.5 Å². The summed E-state index contributed by atoms with van der Waals surface area (Å²) in [6.07, 6.45) is 0.586. The molecule has 2 aromatic carbocycles. The number of aliphatic hydroxyl groups excluding tert-OH is 1. The molecule has 0 aromatic heterocycles. The van der Waals surface area contributed by atoms with Crippen LogP contribution >= 0.6 is 0 Å². The van der Waals surface area contributed by atoms with Gasteiger partial charge in [0, 0.05) is 23.4 Å². The monoisotopic (exact) mass is 284 g/mol. The molecular weight excluding hydrogens is 268 g/mol. The fraction of sp³-hybridized carbons (Fsp3) is 0.125. The number of rotatable bonds is 5. The molecule has 0 fully saturated rings. The highest BCUT2D eigenvalue weighted by atomic mass is 16.3. The molecule has 2 rings (SSSR count). The molecule has 0 bridgehead atoms. The molecule has 5 nitrogen and oxygen atoms in total. The quantitative estimate of drug-likeness (QED) is 0.778. The second-order valence-electron chi connectivity index (χ2n) is 4.57. The summed E-state index contributed by atoms with van der Waals surface area (Å²) in [5.41, 5.74) is 7.62. The Kier molecular flexibility index (Phi) is 4.68. The van der Waals surface area contributed by atoms with Crippen molar-refractivity contribution >= 4 is 17.5 Å². The minimum atomic E-state index is -0.526. The first-order valence-electron chi connectivity index (χ1n) is 6.51. The zero-order valence-electron chi connectivity index (χ0n) is 11.4. The first-order valence-corrected chi connectivity index (χ1v) is 6.51. The van der Waals surface area contributed by atoms with Crippen LogP contribution in [0.5, 0.6) is 0 Å². The topological polar surface area (TPSA) is 92.4 Å². The number of nitrogens with one attached hydrogen (secondary N) is 1. The molecule has 2 amide bonds. The van der Waals surface area contributed by atoms with E-state index in [2.05, 4.69) is 5.32 Å². The van der Waals surface area contributed by atoms with Crippen molar-refractivity contribution in [2.75, 3.05) is 11.9 Å². The minimum absolute atomic E-state index is 0.0952. The fourth-order valence-corrected chi connectivity index (χ4v) is 1.87. The summed E-state index contributed by atoms with van der Waals surface area (Å²) in [7, 11) is 0. The smallest absolute Gasteiger partial charge is 0.255 e. The summed E-state index contributed by atoms with van der Waals surface area (Å²) in [5, 5.41) is 11.6. The van der Waals surface area contributed by atoms with Crippen molar-refractivity contribution in [1.29, 1.82) is 0 Å². The van der Waals surface area contributed by atoms with Crippen molar-refractivity contribution in [2.45, 2.75) is 6.42 Å². The Hall–Kier alpha value is -2.66. The van der Waals surface area contributed by atoms with E-state index in [1.807, 2.05) is 12.1 Å². The Balaban J connectivity index is 2.05. The summed E-state index contributed by atoms with van der Waals surface area (Å²) in [5.74, 6) is -0.789. The van der Waals surface area contributed by atoms with Gasteiger partial charge in [0.2, 0.25) is 5.91 Å². The van der Waals surface area contributed by atoms with Crippen LogP contribution in [0, 0.1) is 0 Å². The van der Waals surface area contributed by atoms with E-state index in [1.54, 1.807) is 24.3 Å². The molecule has 4 N–H and O–H groups in total. The van der Waals surface area contributed by atoms with E-state index >= 15 is 0 Å². The molecule has 0 radical (unpaired) electrons. The zero-order chi connectivity index (χ0) is 15.2. The zero-order valence-corrected chi connectivity index (χ0v) is 11.4. The molecule has 0 aliphatic rings. The third-order valence-electron chi connectivity index (χ3n) is 3.04. The van der Waals surface area contributed by atoms with E-state index < -0.39 is 5.91 Å². The normalized spacial score (nSPS) is 10.1. The molecule has 108 valence electrons. The van der Waals surface area contributed by atoms with Crippen LogP contribution < -0.4 is 11.1 Å². The lowest BCUT2D eigenvalue weighted by molar-refractivity contribution is 0.0995. The Morgan fingerprint density at radius 1 is 0.952 bits per heavy atom. The van der Waals surface area contributed by atoms with Crippen molar-refractivity contribution in [3.05, 3.63) is 65.2 Å². The Labute approximate surface area is 122 Å². The van der Waals surface area contributed by atoms with Crippen LogP contribution in [0.3, 0.4) is 0 Å². The van der Waals surface area contributed by atoms with Crippen LogP contribution in [0.2, 0.25) is 0 Å². The first kappa shape index (κ1) is 14.7. The summed E-state index contributed by atoms with van der Waals surface area (Å²) in [6, 6.07) is 13.4. The number of carbonyl (C=O) groups excluding carboxylic acids is 2. The van der Waals surface area contributed by atoms with Gasteiger partial charge in [0.05, 0.1) is 0 Å². The standard InChI is InChI=1S/C16H16N2O3/c17-15(20)12-3-5-13(6-4-12)16(21)18-14-7-1-11(2-8-14)9-10-19/h1-8,19H,9-10H2,(H2,17,20)(H,18,21). The van der Waals surface area contributed by atoms with Gasteiger partial charge in [-0.3, -0.25) is 9.59 Å².